The molecule has 0 aromatic heterocycles. The predicted octanol–water partition coefficient (Wildman–Crippen LogP) is 3.85. The van der Waals surface area contributed by atoms with Gasteiger partial charge >= 0.3 is 6.09 Å². The molecule has 0 unspecified atom stereocenters. The van der Waals surface area contributed by atoms with E-state index in [1.165, 1.54) is 0 Å². The molecule has 2 N–H and O–H groups in total. The number of halogens is 1. The van der Waals surface area contributed by atoms with Crippen LogP contribution in [0.3, 0.4) is 0 Å². The van der Waals surface area contributed by atoms with Gasteiger partial charge in [0.15, 0.2) is 0 Å². The molecule has 0 spiro atoms. The number of aliphatic hydroxyl groups is 1. The van der Waals surface area contributed by atoms with Crippen molar-refractivity contribution in [3.8, 4) is 5.75 Å². The van der Waals surface area contributed by atoms with E-state index in [1.54, 1.807) is 18.2 Å². The smallest absolute Gasteiger partial charge is 0.413 e. The molecular weight excluding hydrogens is 313 g/mol. The number of aliphatic hydroxyl groups excluding tert-OH is 1. The lowest BCUT2D eigenvalue weighted by atomic mass is 10.1. The Morgan fingerprint density at radius 2 is 2.04 bits per heavy atom. The first-order chi connectivity index (χ1) is 11.5. The molecule has 6 heteroatoms. The van der Waals surface area contributed by atoms with Crippen molar-refractivity contribution in [1.82, 2.24) is 0 Å². The maximum Gasteiger partial charge on any atom is 0.413 e. The van der Waals surface area contributed by atoms with Gasteiger partial charge in [0.05, 0.1) is 12.3 Å². The number of benzene rings is 2. The summed E-state index contributed by atoms with van der Waals surface area (Å²) in [6.45, 7) is 2.67. The zero-order valence-electron chi connectivity index (χ0n) is 13.6. The summed E-state index contributed by atoms with van der Waals surface area (Å²) in [4.78, 5) is 11.5. The number of carbonyl (C=O) groups excluding carboxylic acids is 1. The maximum atomic E-state index is 12.1. The third kappa shape index (κ3) is 4.45. The van der Waals surface area contributed by atoms with Crippen molar-refractivity contribution in [2.45, 2.75) is 27.1 Å². The summed E-state index contributed by atoms with van der Waals surface area (Å²) in [5, 5.41) is 12.0. The molecule has 0 aliphatic rings. The zero-order chi connectivity index (χ0) is 17.5. The molecule has 0 saturated heterocycles. The van der Waals surface area contributed by atoms with Crippen LogP contribution in [0.25, 0.3) is 0 Å². The maximum absolute atomic E-state index is 12.1. The number of ether oxygens (including phenoxy) is 2. The van der Waals surface area contributed by atoms with E-state index in [-0.39, 0.29) is 13.2 Å². The topological polar surface area (TPSA) is 67.8 Å². The lowest BCUT2D eigenvalue weighted by Crippen LogP contribution is -2.16. The highest BCUT2D eigenvalue weighted by molar-refractivity contribution is 5.85. The van der Waals surface area contributed by atoms with Crippen LogP contribution in [0.1, 0.15) is 22.3 Å². The van der Waals surface area contributed by atoms with Crippen molar-refractivity contribution >= 4 is 11.8 Å². The van der Waals surface area contributed by atoms with Gasteiger partial charge in [-0.3, -0.25) is 5.32 Å². The Morgan fingerprint density at radius 3 is 2.71 bits per heavy atom. The molecule has 0 aliphatic heterocycles. The molecule has 5 nitrogen and oxygen atoms in total. The minimum absolute atomic E-state index is 0.145. The first-order valence-electron chi connectivity index (χ1n) is 7.46. The van der Waals surface area contributed by atoms with Crippen molar-refractivity contribution in [1.29, 1.82) is 0 Å². The Hall–Kier alpha value is -2.60. The van der Waals surface area contributed by atoms with E-state index in [1.807, 2.05) is 32.0 Å². The Kier molecular flexibility index (Phi) is 6.14. The number of hydrogen-bond donors (Lipinski definition) is 2. The summed E-state index contributed by atoms with van der Waals surface area (Å²) >= 11 is 0. The molecule has 24 heavy (non-hydrogen) atoms. The van der Waals surface area contributed by atoms with Crippen LogP contribution in [0.2, 0.25) is 0 Å². The van der Waals surface area contributed by atoms with Gasteiger partial charge in [-0.2, -0.15) is 0 Å². The fourth-order valence-electron chi connectivity index (χ4n) is 2.38. The van der Waals surface area contributed by atoms with Crippen LogP contribution in [0, 0.1) is 13.8 Å². The third-order valence-corrected chi connectivity index (χ3v) is 3.57. The third-order valence-electron chi connectivity index (χ3n) is 3.57. The molecule has 2 rings (SSSR count). The number of anilines is 1. The lowest BCUT2D eigenvalue weighted by molar-refractivity contribution is 0.111. The number of rotatable bonds is 6. The van der Waals surface area contributed by atoms with Crippen LogP contribution in [0.15, 0.2) is 36.4 Å². The first-order valence-corrected chi connectivity index (χ1v) is 7.46. The molecule has 128 valence electrons. The molecule has 0 atom stereocenters. The predicted molar refractivity (Wildman–Crippen MR) is 88.7 cm³/mol. The van der Waals surface area contributed by atoms with E-state index in [0.29, 0.717) is 22.6 Å². The Morgan fingerprint density at radius 1 is 1.25 bits per heavy atom. The normalized spacial score (nSPS) is 10.3. The lowest BCUT2D eigenvalue weighted by Gasteiger charge is -2.16. The van der Waals surface area contributed by atoms with Crippen molar-refractivity contribution in [2.75, 3.05) is 12.2 Å². The number of nitrogens with one attached hydrogen (secondary N) is 1. The van der Waals surface area contributed by atoms with Crippen molar-refractivity contribution in [2.24, 2.45) is 0 Å². The highest BCUT2D eigenvalue weighted by Gasteiger charge is 2.13. The minimum atomic E-state index is -1.21. The Balaban J connectivity index is 2.22. The van der Waals surface area contributed by atoms with Crippen LogP contribution in [0.5, 0.6) is 5.75 Å². The highest BCUT2D eigenvalue weighted by atomic mass is 19.1. The minimum Gasteiger partial charge on any atom is -0.489 e. The van der Waals surface area contributed by atoms with Crippen LogP contribution in [-0.2, 0) is 18.0 Å². The van der Waals surface area contributed by atoms with E-state index < -0.39 is 13.0 Å². The van der Waals surface area contributed by atoms with Gasteiger partial charge < -0.3 is 14.6 Å². The second-order valence-electron chi connectivity index (χ2n) is 5.32. The molecule has 0 aliphatic carbocycles. The molecule has 1 amide bonds. The van der Waals surface area contributed by atoms with Gasteiger partial charge in [-0.05, 0) is 37.1 Å². The van der Waals surface area contributed by atoms with E-state index in [2.05, 4.69) is 10.1 Å². The van der Waals surface area contributed by atoms with Gasteiger partial charge in [0.25, 0.3) is 0 Å². The molecule has 0 heterocycles. The molecule has 0 radical (unpaired) electrons. The molecule has 2 aromatic rings. The Bertz CT molecular complexity index is 718. The van der Waals surface area contributed by atoms with E-state index >= 15 is 0 Å². The average molecular weight is 333 g/mol. The molecule has 0 fully saturated rings. The summed E-state index contributed by atoms with van der Waals surface area (Å²) < 4.78 is 22.2. The largest absolute Gasteiger partial charge is 0.489 e. The van der Waals surface area contributed by atoms with Crippen molar-refractivity contribution in [3.05, 3.63) is 58.7 Å². The molecule has 2 aromatic carbocycles. The van der Waals surface area contributed by atoms with Gasteiger partial charge in [0, 0.05) is 5.56 Å². The second-order valence-corrected chi connectivity index (χ2v) is 5.32. The number of hydrogen-bond acceptors (Lipinski definition) is 4. The van der Waals surface area contributed by atoms with Gasteiger partial charge in [0.2, 0.25) is 6.86 Å². The summed E-state index contributed by atoms with van der Waals surface area (Å²) in [5.74, 6) is 0.714. The van der Waals surface area contributed by atoms with Gasteiger partial charge in [-0.25, -0.2) is 9.18 Å². The fourth-order valence-corrected chi connectivity index (χ4v) is 2.38. The molecular formula is C18H20FNO4. The zero-order valence-corrected chi connectivity index (χ0v) is 13.6. The number of carbonyl (C=O) groups is 1. The summed E-state index contributed by atoms with van der Waals surface area (Å²) in [5.41, 5.74) is 3.74. The standard InChI is InChI=1S/C18H20FNO4/c1-12-6-7-17(13(2)8-12)23-10-15-14(9-21)4-3-5-16(15)20-18(22)24-11-19/h3-8,21H,9-11H2,1-2H3,(H,20,22). The fraction of sp³-hybridized carbons (Fsp3) is 0.278. The van der Waals surface area contributed by atoms with Gasteiger partial charge in [0.1, 0.15) is 12.4 Å². The van der Waals surface area contributed by atoms with Crippen LogP contribution in [0.4, 0.5) is 14.9 Å². The van der Waals surface area contributed by atoms with Crippen molar-refractivity contribution < 1.29 is 23.8 Å². The quantitative estimate of drug-likeness (QED) is 0.842. The number of aryl methyl sites for hydroxylation is 2. The molecule has 0 bridgehead atoms. The average Bonchev–Trinajstić information content (AvgIpc) is 2.55. The Labute approximate surface area is 140 Å². The number of amides is 1. The van der Waals surface area contributed by atoms with Gasteiger partial charge in [-0.15, -0.1) is 0 Å². The first kappa shape index (κ1) is 17.7. The van der Waals surface area contributed by atoms with Crippen LogP contribution < -0.4 is 10.1 Å². The highest BCUT2D eigenvalue weighted by Crippen LogP contribution is 2.25. The van der Waals surface area contributed by atoms with E-state index in [0.717, 1.165) is 11.1 Å². The second kappa shape index (κ2) is 8.31. The summed E-state index contributed by atoms with van der Waals surface area (Å²) in [7, 11) is 0. The monoisotopic (exact) mass is 333 g/mol. The van der Waals surface area contributed by atoms with E-state index in [9.17, 15) is 14.3 Å². The molecule has 0 saturated carbocycles. The number of alkyl halides is 1. The van der Waals surface area contributed by atoms with Crippen LogP contribution in [-0.4, -0.2) is 18.1 Å². The SMILES string of the molecule is Cc1ccc(OCc2c(CO)cccc2NC(=O)OCF)c(C)c1. The van der Waals surface area contributed by atoms with Gasteiger partial charge in [-0.1, -0.05) is 29.8 Å². The van der Waals surface area contributed by atoms with E-state index in [4.69, 9.17) is 4.74 Å². The van der Waals surface area contributed by atoms with Crippen molar-refractivity contribution in [3.63, 3.8) is 0 Å². The summed E-state index contributed by atoms with van der Waals surface area (Å²) in [6, 6.07) is 10.9. The summed E-state index contributed by atoms with van der Waals surface area (Å²) in [6.07, 6.45) is -0.902. The van der Waals surface area contributed by atoms with Crippen LogP contribution >= 0.6 is 0 Å².